The molecule has 1 unspecified atom stereocenters. The van der Waals surface area contributed by atoms with E-state index in [2.05, 4.69) is 30.8 Å². The van der Waals surface area contributed by atoms with Gasteiger partial charge in [-0.15, -0.1) is 6.42 Å². The van der Waals surface area contributed by atoms with E-state index in [1.54, 1.807) is 48.3 Å². The topological polar surface area (TPSA) is 114 Å². The van der Waals surface area contributed by atoms with E-state index in [4.69, 9.17) is 21.6 Å². The van der Waals surface area contributed by atoms with Gasteiger partial charge in [-0.05, 0) is 32.0 Å². The van der Waals surface area contributed by atoms with Crippen molar-refractivity contribution in [1.82, 2.24) is 29.5 Å². The molecule has 9 heteroatoms. The number of terminal acetylenes is 1. The molecule has 0 aliphatic rings. The minimum atomic E-state index is -1.15. The largest absolute Gasteiger partial charge is 0.467 e. The van der Waals surface area contributed by atoms with Crippen LogP contribution in [0.1, 0.15) is 19.7 Å². The Bertz CT molecular complexity index is 1230. The molecule has 1 aromatic carbocycles. The van der Waals surface area contributed by atoms with Crippen LogP contribution in [0.25, 0.3) is 16.9 Å². The van der Waals surface area contributed by atoms with Crippen LogP contribution < -0.4 is 15.2 Å². The Morgan fingerprint density at radius 2 is 1.93 bits per heavy atom. The fourth-order valence-electron chi connectivity index (χ4n) is 2.95. The summed E-state index contributed by atoms with van der Waals surface area (Å²) >= 11 is 0. The van der Waals surface area contributed by atoms with Gasteiger partial charge in [-0.2, -0.15) is 9.97 Å². The minimum Gasteiger partial charge on any atom is -0.467 e. The van der Waals surface area contributed by atoms with Gasteiger partial charge in [-0.1, -0.05) is 5.92 Å². The monoisotopic (exact) mass is 401 g/mol. The quantitative estimate of drug-likeness (QED) is 0.490. The Labute approximate surface area is 173 Å². The number of fused-ring (bicyclic) bond motifs is 1. The summed E-state index contributed by atoms with van der Waals surface area (Å²) in [7, 11) is 0. The predicted octanol–water partition coefficient (Wildman–Crippen LogP) is 2.51. The van der Waals surface area contributed by atoms with Gasteiger partial charge >= 0.3 is 6.01 Å². The minimum absolute atomic E-state index is 0.144. The lowest BCUT2D eigenvalue weighted by atomic mass is 10.1. The first kappa shape index (κ1) is 19.1. The predicted molar refractivity (Wildman–Crippen MR) is 111 cm³/mol. The number of anilines is 1. The molecule has 0 fully saturated rings. The van der Waals surface area contributed by atoms with Crippen molar-refractivity contribution in [3.05, 3.63) is 54.7 Å². The van der Waals surface area contributed by atoms with Crippen LogP contribution in [0.5, 0.6) is 11.8 Å². The molecule has 30 heavy (non-hydrogen) atoms. The highest BCUT2D eigenvalue weighted by atomic mass is 16.5. The van der Waals surface area contributed by atoms with Crippen molar-refractivity contribution in [2.45, 2.75) is 19.4 Å². The summed E-state index contributed by atoms with van der Waals surface area (Å²) in [5, 5.41) is 0. The van der Waals surface area contributed by atoms with Crippen molar-refractivity contribution in [2.75, 3.05) is 12.3 Å². The van der Waals surface area contributed by atoms with E-state index in [-0.39, 0.29) is 5.95 Å². The number of hydrogen-bond donors (Lipinski definition) is 1. The van der Waals surface area contributed by atoms with Gasteiger partial charge < -0.3 is 15.2 Å². The van der Waals surface area contributed by atoms with Crippen molar-refractivity contribution in [3.8, 4) is 29.9 Å². The highest BCUT2D eigenvalue weighted by molar-refractivity contribution is 5.80. The summed E-state index contributed by atoms with van der Waals surface area (Å²) in [6, 6.07) is 9.22. The number of benzene rings is 1. The third-order valence-corrected chi connectivity index (χ3v) is 4.35. The number of hydrogen-bond acceptors (Lipinski definition) is 8. The van der Waals surface area contributed by atoms with E-state index in [0.29, 0.717) is 41.0 Å². The number of aromatic nitrogens is 6. The molecule has 0 saturated carbocycles. The Hall–Kier alpha value is -4.19. The van der Waals surface area contributed by atoms with Crippen molar-refractivity contribution in [3.63, 3.8) is 0 Å². The summed E-state index contributed by atoms with van der Waals surface area (Å²) in [6.07, 6.45) is 10.6. The second-order valence-electron chi connectivity index (χ2n) is 6.44. The fraction of sp³-hybridized carbons (Fsp3) is 0.190. The molecule has 0 saturated heterocycles. The van der Waals surface area contributed by atoms with Crippen molar-refractivity contribution < 1.29 is 9.47 Å². The molecule has 4 aromatic rings. The van der Waals surface area contributed by atoms with Gasteiger partial charge in [-0.25, -0.2) is 19.5 Å². The van der Waals surface area contributed by atoms with Crippen LogP contribution in [-0.2, 0) is 5.60 Å². The summed E-state index contributed by atoms with van der Waals surface area (Å²) < 4.78 is 13.6. The Kier molecular flexibility index (Phi) is 4.90. The van der Waals surface area contributed by atoms with Gasteiger partial charge in [0.25, 0.3) is 0 Å². The lowest BCUT2D eigenvalue weighted by Crippen LogP contribution is -2.29. The molecule has 0 aliphatic heterocycles. The van der Waals surface area contributed by atoms with Crippen LogP contribution in [0.2, 0.25) is 0 Å². The second kappa shape index (κ2) is 7.67. The Morgan fingerprint density at radius 1 is 1.13 bits per heavy atom. The van der Waals surface area contributed by atoms with Crippen LogP contribution in [0.3, 0.4) is 0 Å². The first-order valence-electron chi connectivity index (χ1n) is 9.22. The highest BCUT2D eigenvalue weighted by Crippen LogP contribution is 2.31. The van der Waals surface area contributed by atoms with Gasteiger partial charge in [0, 0.05) is 30.7 Å². The molecule has 0 aliphatic carbocycles. The normalized spacial score (nSPS) is 12.8. The maximum Gasteiger partial charge on any atom is 0.303 e. The molecule has 3 heterocycles. The molecule has 9 nitrogen and oxygen atoms in total. The number of nitrogens with zero attached hydrogens (tertiary/aromatic N) is 6. The molecule has 1 atom stereocenters. The van der Waals surface area contributed by atoms with E-state index >= 15 is 0 Å². The summed E-state index contributed by atoms with van der Waals surface area (Å²) in [5.74, 6) is 4.21. The molecular weight excluding hydrogens is 382 g/mol. The molecule has 0 radical (unpaired) electrons. The number of imidazole rings is 1. The first-order valence-corrected chi connectivity index (χ1v) is 9.22. The zero-order chi connectivity index (χ0) is 21.1. The van der Waals surface area contributed by atoms with Crippen LogP contribution in [0.15, 0.2) is 48.9 Å². The van der Waals surface area contributed by atoms with Crippen LogP contribution in [-0.4, -0.2) is 36.1 Å². The maximum absolute atomic E-state index is 6.13. The smallest absolute Gasteiger partial charge is 0.303 e. The number of nitrogens with two attached hydrogens (primary N) is 1. The van der Waals surface area contributed by atoms with Gasteiger partial charge in [0.2, 0.25) is 11.5 Å². The molecule has 2 N–H and O–H groups in total. The molecule has 0 amide bonds. The van der Waals surface area contributed by atoms with Crippen molar-refractivity contribution >= 4 is 17.0 Å². The summed E-state index contributed by atoms with van der Waals surface area (Å²) in [6.45, 7) is 4.05. The molecule has 4 rings (SSSR count). The van der Waals surface area contributed by atoms with Crippen LogP contribution >= 0.6 is 0 Å². The first-order chi connectivity index (χ1) is 14.5. The number of ether oxygens (including phenoxy) is 2. The zero-order valence-electron chi connectivity index (χ0n) is 16.5. The fourth-order valence-corrected chi connectivity index (χ4v) is 2.95. The van der Waals surface area contributed by atoms with E-state index < -0.39 is 5.60 Å². The third-order valence-electron chi connectivity index (χ3n) is 4.35. The van der Waals surface area contributed by atoms with Gasteiger partial charge in [0.1, 0.15) is 11.6 Å². The summed E-state index contributed by atoms with van der Waals surface area (Å²) in [5.41, 5.74) is 6.03. The Morgan fingerprint density at radius 3 is 2.63 bits per heavy atom. The molecule has 150 valence electrons. The third kappa shape index (κ3) is 3.46. The number of nitrogen functional groups attached to an aromatic ring is 1. The van der Waals surface area contributed by atoms with Gasteiger partial charge in [0.15, 0.2) is 5.82 Å². The lowest BCUT2D eigenvalue weighted by molar-refractivity contribution is 0.142. The number of rotatable bonds is 6. The van der Waals surface area contributed by atoms with Gasteiger partial charge in [-0.3, -0.25) is 0 Å². The standard InChI is InChI=1S/C21H19N7O2/c1-4-21(3,18-23-10-6-11-24-18)30-14-7-8-15-16(13-14)28(20(26-15)29-5-2)17-9-12-25-19(22)27-17/h1,6-13H,5H2,2-3H3,(H2,22,25,27). The highest BCUT2D eigenvalue weighted by Gasteiger charge is 2.30. The van der Waals surface area contributed by atoms with Crippen molar-refractivity contribution in [1.29, 1.82) is 0 Å². The molecule has 3 aromatic heterocycles. The zero-order valence-corrected chi connectivity index (χ0v) is 16.5. The van der Waals surface area contributed by atoms with Crippen LogP contribution in [0.4, 0.5) is 5.95 Å². The van der Waals surface area contributed by atoms with E-state index in [0.717, 1.165) is 0 Å². The molecule has 0 bridgehead atoms. The van der Waals surface area contributed by atoms with Crippen LogP contribution in [0, 0.1) is 12.3 Å². The van der Waals surface area contributed by atoms with Crippen molar-refractivity contribution in [2.24, 2.45) is 0 Å². The average Bonchev–Trinajstić information content (AvgIpc) is 3.12. The van der Waals surface area contributed by atoms with E-state index in [1.165, 1.54) is 0 Å². The lowest BCUT2D eigenvalue weighted by Gasteiger charge is -2.23. The maximum atomic E-state index is 6.13. The van der Waals surface area contributed by atoms with E-state index in [1.807, 2.05) is 19.1 Å². The molecular formula is C21H19N7O2. The summed E-state index contributed by atoms with van der Waals surface area (Å²) in [4.78, 5) is 21.3. The van der Waals surface area contributed by atoms with Gasteiger partial charge in [0.05, 0.1) is 17.6 Å². The second-order valence-corrected chi connectivity index (χ2v) is 6.44. The Balaban J connectivity index is 1.82. The van der Waals surface area contributed by atoms with E-state index in [9.17, 15) is 0 Å². The average molecular weight is 401 g/mol. The SMILES string of the molecule is C#CC(C)(Oc1ccc2nc(OCC)n(-c3ccnc(N)n3)c2c1)c1ncccn1. The molecule has 0 spiro atoms.